The second-order valence-electron chi connectivity index (χ2n) is 5.32. The van der Waals surface area contributed by atoms with Gasteiger partial charge in [-0.05, 0) is 36.2 Å². The Kier molecular flexibility index (Phi) is 7.45. The second-order valence-corrected chi connectivity index (χ2v) is 6.13. The molecular formula is C18H17Cl2N3O4. The van der Waals surface area contributed by atoms with Crippen LogP contribution in [0.1, 0.15) is 11.1 Å². The number of hydrogen-bond acceptors (Lipinski definition) is 5. The lowest BCUT2D eigenvalue weighted by atomic mass is 10.2. The lowest BCUT2D eigenvalue weighted by Crippen LogP contribution is -2.24. The lowest BCUT2D eigenvalue weighted by molar-refractivity contribution is -0.142. The van der Waals surface area contributed by atoms with Gasteiger partial charge in [0.2, 0.25) is 0 Å². The van der Waals surface area contributed by atoms with Crippen molar-refractivity contribution in [2.24, 2.45) is 5.10 Å². The average Bonchev–Trinajstić information content (AvgIpc) is 2.62. The minimum Gasteiger partial charge on any atom is -0.479 e. The number of carbonyl (C=O) groups is 2. The Morgan fingerprint density at radius 1 is 1.19 bits per heavy atom. The van der Waals surface area contributed by atoms with Crippen LogP contribution in [0.15, 0.2) is 41.5 Å². The molecule has 0 bridgehead atoms. The normalized spacial score (nSPS) is 10.5. The number of nitrogens with one attached hydrogen (secondary N) is 2. The average molecular weight is 410 g/mol. The number of ether oxygens (including phenoxy) is 2. The largest absolute Gasteiger partial charge is 0.479 e. The molecule has 0 radical (unpaired) electrons. The quantitative estimate of drug-likeness (QED) is 0.428. The van der Waals surface area contributed by atoms with E-state index in [4.69, 9.17) is 27.9 Å². The van der Waals surface area contributed by atoms with Crippen molar-refractivity contribution in [2.45, 2.75) is 6.92 Å². The number of aryl methyl sites for hydroxylation is 1. The van der Waals surface area contributed by atoms with Crippen LogP contribution in [0, 0.1) is 6.92 Å². The summed E-state index contributed by atoms with van der Waals surface area (Å²) in [6.45, 7) is 1.57. The van der Waals surface area contributed by atoms with Gasteiger partial charge in [0.05, 0.1) is 23.4 Å². The molecule has 0 saturated heterocycles. The summed E-state index contributed by atoms with van der Waals surface area (Å²) in [5.41, 5.74) is 4.49. The van der Waals surface area contributed by atoms with Crippen LogP contribution in [0.4, 0.5) is 10.5 Å². The van der Waals surface area contributed by atoms with E-state index >= 15 is 0 Å². The van der Waals surface area contributed by atoms with E-state index < -0.39 is 12.0 Å². The summed E-state index contributed by atoms with van der Waals surface area (Å²) < 4.78 is 9.72. The van der Waals surface area contributed by atoms with Crippen molar-refractivity contribution in [3.63, 3.8) is 0 Å². The summed E-state index contributed by atoms with van der Waals surface area (Å²) in [7, 11) is 1.25. The highest BCUT2D eigenvalue weighted by Crippen LogP contribution is 2.33. The highest BCUT2D eigenvalue weighted by Gasteiger charge is 2.11. The number of benzene rings is 2. The summed E-state index contributed by atoms with van der Waals surface area (Å²) in [6, 6.07) is 9.94. The maximum Gasteiger partial charge on any atom is 0.343 e. The molecule has 0 aliphatic rings. The van der Waals surface area contributed by atoms with Crippen LogP contribution < -0.4 is 15.5 Å². The summed E-state index contributed by atoms with van der Waals surface area (Å²) in [6.07, 6.45) is 1.37. The Morgan fingerprint density at radius 2 is 1.85 bits per heavy atom. The van der Waals surface area contributed by atoms with Gasteiger partial charge in [-0.3, -0.25) is 0 Å². The van der Waals surface area contributed by atoms with Crippen LogP contribution in [0.5, 0.6) is 5.75 Å². The van der Waals surface area contributed by atoms with Gasteiger partial charge in [-0.25, -0.2) is 15.0 Å². The molecule has 2 rings (SSSR count). The van der Waals surface area contributed by atoms with E-state index in [0.717, 1.165) is 5.56 Å². The maximum absolute atomic E-state index is 11.9. The van der Waals surface area contributed by atoms with Crippen molar-refractivity contribution in [2.75, 3.05) is 19.0 Å². The fraction of sp³-hybridized carbons (Fsp3) is 0.167. The number of hydrazone groups is 1. The van der Waals surface area contributed by atoms with Crippen LogP contribution >= 0.6 is 23.2 Å². The number of hydrogen-bond donors (Lipinski definition) is 2. The number of carbonyl (C=O) groups excluding carboxylic acids is 2. The van der Waals surface area contributed by atoms with E-state index in [0.29, 0.717) is 11.3 Å². The van der Waals surface area contributed by atoms with E-state index in [1.165, 1.54) is 25.5 Å². The van der Waals surface area contributed by atoms with Gasteiger partial charge < -0.3 is 14.8 Å². The van der Waals surface area contributed by atoms with E-state index in [1.54, 1.807) is 6.07 Å². The van der Waals surface area contributed by atoms with Crippen molar-refractivity contribution in [1.82, 2.24) is 5.43 Å². The molecule has 0 unspecified atom stereocenters. The molecule has 27 heavy (non-hydrogen) atoms. The first-order chi connectivity index (χ1) is 12.9. The zero-order valence-electron chi connectivity index (χ0n) is 14.6. The number of methoxy groups -OCH3 is 1. The molecule has 142 valence electrons. The van der Waals surface area contributed by atoms with Crippen molar-refractivity contribution < 1.29 is 19.1 Å². The molecule has 2 aromatic rings. The molecule has 7 nitrogen and oxygen atoms in total. The van der Waals surface area contributed by atoms with E-state index in [2.05, 4.69) is 20.6 Å². The molecule has 0 fully saturated rings. The van der Waals surface area contributed by atoms with E-state index in [1.807, 2.05) is 25.1 Å². The topological polar surface area (TPSA) is 89.0 Å². The molecule has 0 saturated carbocycles. The molecular weight excluding hydrogens is 393 g/mol. The molecule has 0 spiro atoms. The number of urea groups is 1. The monoisotopic (exact) mass is 409 g/mol. The Morgan fingerprint density at radius 3 is 2.48 bits per heavy atom. The molecule has 2 N–H and O–H groups in total. The summed E-state index contributed by atoms with van der Waals surface area (Å²) in [4.78, 5) is 23.0. The SMILES string of the molecule is COC(=O)COc1c(Cl)cc(C=NNC(=O)Nc2ccccc2C)cc1Cl. The third kappa shape index (κ3) is 6.16. The minimum atomic E-state index is -0.559. The van der Waals surface area contributed by atoms with Gasteiger partial charge in [-0.2, -0.15) is 5.10 Å². The standard InChI is InChI=1S/C18H17Cl2N3O4/c1-11-5-3-4-6-15(11)22-18(25)23-21-9-12-7-13(19)17(14(20)8-12)27-10-16(24)26-2/h3-9H,10H2,1-2H3,(H2,22,23,25). The van der Waals surface area contributed by atoms with Gasteiger partial charge in [0.1, 0.15) is 0 Å². The molecule has 0 aliphatic heterocycles. The summed E-state index contributed by atoms with van der Waals surface area (Å²) in [5, 5.41) is 6.91. The van der Waals surface area contributed by atoms with Crippen LogP contribution in [-0.4, -0.2) is 31.9 Å². The third-order valence-corrected chi connectivity index (χ3v) is 3.92. The number of esters is 1. The zero-order valence-corrected chi connectivity index (χ0v) is 16.1. The predicted octanol–water partition coefficient (Wildman–Crippen LogP) is 4.01. The van der Waals surface area contributed by atoms with E-state index in [-0.39, 0.29) is 22.4 Å². The van der Waals surface area contributed by atoms with Crippen molar-refractivity contribution in [3.8, 4) is 5.75 Å². The van der Waals surface area contributed by atoms with Crippen LogP contribution in [0.3, 0.4) is 0 Å². The van der Waals surface area contributed by atoms with Gasteiger partial charge in [-0.15, -0.1) is 0 Å². The van der Waals surface area contributed by atoms with E-state index in [9.17, 15) is 9.59 Å². The third-order valence-electron chi connectivity index (χ3n) is 3.36. The predicted molar refractivity (Wildman–Crippen MR) is 105 cm³/mol. The number of rotatable bonds is 6. The Labute approximate surface area is 166 Å². The number of anilines is 1. The fourth-order valence-electron chi connectivity index (χ4n) is 2.01. The maximum atomic E-state index is 11.9. The van der Waals surface area contributed by atoms with Gasteiger partial charge in [-0.1, -0.05) is 41.4 Å². The highest BCUT2D eigenvalue weighted by molar-refractivity contribution is 6.37. The van der Waals surface area contributed by atoms with Gasteiger partial charge in [0.25, 0.3) is 0 Å². The number of nitrogens with zero attached hydrogens (tertiary/aromatic N) is 1. The van der Waals surface area contributed by atoms with Crippen molar-refractivity contribution in [3.05, 3.63) is 57.6 Å². The van der Waals surface area contributed by atoms with Crippen molar-refractivity contribution in [1.29, 1.82) is 0 Å². The molecule has 2 aromatic carbocycles. The molecule has 0 heterocycles. The zero-order chi connectivity index (χ0) is 19.8. The first kappa shape index (κ1) is 20.5. The summed E-state index contributed by atoms with van der Waals surface area (Å²) in [5.74, 6) is -0.400. The van der Waals surface area contributed by atoms with Gasteiger partial charge >= 0.3 is 12.0 Å². The van der Waals surface area contributed by atoms with Crippen LogP contribution in [0.2, 0.25) is 10.0 Å². The molecule has 0 atom stereocenters. The Bertz CT molecular complexity index is 848. The number of para-hydroxylation sites is 1. The van der Waals surface area contributed by atoms with Crippen LogP contribution in [-0.2, 0) is 9.53 Å². The Hall–Kier alpha value is -2.77. The molecule has 9 heteroatoms. The first-order valence-electron chi connectivity index (χ1n) is 7.75. The van der Waals surface area contributed by atoms with Gasteiger partial charge in [0, 0.05) is 5.69 Å². The summed E-state index contributed by atoms with van der Waals surface area (Å²) >= 11 is 12.2. The number of halogens is 2. The fourth-order valence-corrected chi connectivity index (χ4v) is 2.62. The smallest absolute Gasteiger partial charge is 0.343 e. The molecule has 0 aromatic heterocycles. The number of amides is 2. The van der Waals surface area contributed by atoms with Crippen LogP contribution in [0.25, 0.3) is 0 Å². The van der Waals surface area contributed by atoms with Gasteiger partial charge in [0.15, 0.2) is 12.4 Å². The van der Waals surface area contributed by atoms with Crippen molar-refractivity contribution >= 4 is 47.1 Å². The Balaban J connectivity index is 1.97. The second kappa shape index (κ2) is 9.80. The highest BCUT2D eigenvalue weighted by atomic mass is 35.5. The molecule has 0 aliphatic carbocycles. The first-order valence-corrected chi connectivity index (χ1v) is 8.50. The lowest BCUT2D eigenvalue weighted by Gasteiger charge is -2.09. The minimum absolute atomic E-state index is 0.158. The molecule has 2 amide bonds.